The van der Waals surface area contributed by atoms with E-state index < -0.39 is 5.54 Å². The van der Waals surface area contributed by atoms with E-state index in [4.69, 9.17) is 9.47 Å². The molecule has 0 spiro atoms. The molecule has 0 saturated carbocycles. The number of piperidine rings is 1. The van der Waals surface area contributed by atoms with Gasteiger partial charge in [-0.2, -0.15) is 0 Å². The maximum atomic E-state index is 12.3. The lowest BCUT2D eigenvalue weighted by Gasteiger charge is -2.31. The number of carbonyl (C=O) groups excluding carboxylic acids is 2. The molecule has 0 aliphatic carbocycles. The van der Waals surface area contributed by atoms with Crippen molar-refractivity contribution < 1.29 is 19.1 Å². The van der Waals surface area contributed by atoms with Crippen molar-refractivity contribution in [1.29, 1.82) is 0 Å². The second-order valence-corrected chi connectivity index (χ2v) is 6.58. The summed E-state index contributed by atoms with van der Waals surface area (Å²) in [7, 11) is 2.90. The molecular formula is C16H31ClN2O4. The molecule has 0 radical (unpaired) electrons. The van der Waals surface area contributed by atoms with Crippen molar-refractivity contribution in [3.8, 4) is 0 Å². The number of ether oxygens (including phenoxy) is 2. The third kappa shape index (κ3) is 7.99. The Balaban J connectivity index is 0.00000484. The maximum absolute atomic E-state index is 12.3. The minimum Gasteiger partial charge on any atom is -0.469 e. The van der Waals surface area contributed by atoms with Crippen LogP contribution in [0.15, 0.2) is 0 Å². The lowest BCUT2D eigenvalue weighted by molar-refractivity contribution is -0.143. The van der Waals surface area contributed by atoms with E-state index in [1.165, 1.54) is 20.0 Å². The second kappa shape index (κ2) is 10.8. The Bertz CT molecular complexity index is 375. The molecule has 1 heterocycles. The zero-order valence-electron chi connectivity index (χ0n) is 14.6. The molecule has 7 heteroatoms. The molecule has 2 N–H and O–H groups in total. The number of esters is 1. The summed E-state index contributed by atoms with van der Waals surface area (Å²) in [6.45, 7) is 6.24. The highest BCUT2D eigenvalue weighted by atomic mass is 35.5. The van der Waals surface area contributed by atoms with Gasteiger partial charge in [-0.1, -0.05) is 6.92 Å². The SMILES string of the molecule is COCC(C)(CC(=O)OC)NC(=O)CC(C)C1CCCNC1.Cl. The number of hydrogen-bond donors (Lipinski definition) is 2. The van der Waals surface area contributed by atoms with Crippen molar-refractivity contribution in [1.82, 2.24) is 10.6 Å². The van der Waals surface area contributed by atoms with E-state index in [0.717, 1.165) is 13.1 Å². The summed E-state index contributed by atoms with van der Waals surface area (Å²) in [4.78, 5) is 23.8. The molecule has 6 nitrogen and oxygen atoms in total. The first kappa shape index (κ1) is 22.1. The zero-order valence-corrected chi connectivity index (χ0v) is 15.5. The summed E-state index contributed by atoms with van der Waals surface area (Å²) in [5, 5.41) is 6.32. The topological polar surface area (TPSA) is 76.7 Å². The average molecular weight is 351 g/mol. The van der Waals surface area contributed by atoms with E-state index in [1.807, 2.05) is 0 Å². The van der Waals surface area contributed by atoms with Gasteiger partial charge in [-0.15, -0.1) is 12.4 Å². The van der Waals surface area contributed by atoms with E-state index in [2.05, 4.69) is 17.6 Å². The summed E-state index contributed by atoms with van der Waals surface area (Å²) in [5.41, 5.74) is -0.733. The molecule has 1 amide bonds. The van der Waals surface area contributed by atoms with Crippen LogP contribution in [0.4, 0.5) is 0 Å². The van der Waals surface area contributed by atoms with Crippen LogP contribution in [0.2, 0.25) is 0 Å². The molecule has 3 unspecified atom stereocenters. The van der Waals surface area contributed by atoms with Crippen LogP contribution < -0.4 is 10.6 Å². The number of rotatable bonds is 8. The first-order valence-corrected chi connectivity index (χ1v) is 7.97. The Hall–Kier alpha value is -0.850. The van der Waals surface area contributed by atoms with Crippen molar-refractivity contribution in [2.75, 3.05) is 33.9 Å². The van der Waals surface area contributed by atoms with Crippen LogP contribution in [0.5, 0.6) is 0 Å². The predicted octanol–water partition coefficient (Wildman–Crippen LogP) is 1.52. The minimum absolute atomic E-state index is 0. The smallest absolute Gasteiger partial charge is 0.307 e. The van der Waals surface area contributed by atoms with E-state index >= 15 is 0 Å². The van der Waals surface area contributed by atoms with Gasteiger partial charge in [0.1, 0.15) is 0 Å². The highest BCUT2D eigenvalue weighted by Crippen LogP contribution is 2.23. The van der Waals surface area contributed by atoms with Crippen LogP contribution >= 0.6 is 12.4 Å². The van der Waals surface area contributed by atoms with Gasteiger partial charge in [0.15, 0.2) is 0 Å². The quantitative estimate of drug-likeness (QED) is 0.649. The molecule has 1 saturated heterocycles. The number of nitrogens with one attached hydrogen (secondary N) is 2. The molecule has 0 aromatic carbocycles. The average Bonchev–Trinajstić information content (AvgIpc) is 2.47. The Labute approximate surface area is 145 Å². The summed E-state index contributed by atoms with van der Waals surface area (Å²) < 4.78 is 9.84. The van der Waals surface area contributed by atoms with Gasteiger partial charge in [0.05, 0.1) is 25.7 Å². The van der Waals surface area contributed by atoms with E-state index in [1.54, 1.807) is 14.0 Å². The van der Waals surface area contributed by atoms with Crippen molar-refractivity contribution >= 4 is 24.3 Å². The Morgan fingerprint density at radius 2 is 2.09 bits per heavy atom. The Morgan fingerprint density at radius 3 is 2.61 bits per heavy atom. The molecule has 3 atom stereocenters. The lowest BCUT2D eigenvalue weighted by atomic mass is 9.85. The van der Waals surface area contributed by atoms with Crippen LogP contribution in [-0.2, 0) is 19.1 Å². The summed E-state index contributed by atoms with van der Waals surface area (Å²) in [5.74, 6) is 0.456. The fourth-order valence-corrected chi connectivity index (χ4v) is 3.05. The maximum Gasteiger partial charge on any atom is 0.307 e. The van der Waals surface area contributed by atoms with Crippen LogP contribution in [0, 0.1) is 11.8 Å². The van der Waals surface area contributed by atoms with Crippen LogP contribution in [-0.4, -0.2) is 51.3 Å². The first-order valence-electron chi connectivity index (χ1n) is 7.97. The standard InChI is InChI=1S/C16H30N2O4.ClH/c1-12(13-6-5-7-17-10-13)8-14(19)18-16(2,11-21-3)9-15(20)22-4;/h12-13,17H,5-11H2,1-4H3,(H,18,19);1H. The van der Waals surface area contributed by atoms with Crippen LogP contribution in [0.25, 0.3) is 0 Å². The monoisotopic (exact) mass is 350 g/mol. The number of halogens is 1. The van der Waals surface area contributed by atoms with Gasteiger partial charge in [-0.3, -0.25) is 9.59 Å². The highest BCUT2D eigenvalue weighted by Gasteiger charge is 2.31. The molecule has 0 aromatic heterocycles. The fourth-order valence-electron chi connectivity index (χ4n) is 3.05. The molecule has 1 aliphatic heterocycles. The van der Waals surface area contributed by atoms with Gasteiger partial charge in [0.2, 0.25) is 5.91 Å². The number of methoxy groups -OCH3 is 2. The number of amides is 1. The van der Waals surface area contributed by atoms with Gasteiger partial charge < -0.3 is 20.1 Å². The third-order valence-corrected chi connectivity index (χ3v) is 4.31. The molecule has 0 aromatic rings. The lowest BCUT2D eigenvalue weighted by Crippen LogP contribution is -2.51. The molecule has 1 fully saturated rings. The van der Waals surface area contributed by atoms with E-state index in [-0.39, 0.29) is 37.3 Å². The van der Waals surface area contributed by atoms with Crippen LogP contribution in [0.1, 0.15) is 39.5 Å². The van der Waals surface area contributed by atoms with Gasteiger partial charge in [0.25, 0.3) is 0 Å². The molecule has 136 valence electrons. The third-order valence-electron chi connectivity index (χ3n) is 4.31. The van der Waals surface area contributed by atoms with Crippen LogP contribution in [0.3, 0.4) is 0 Å². The van der Waals surface area contributed by atoms with Gasteiger partial charge >= 0.3 is 5.97 Å². The highest BCUT2D eigenvalue weighted by molar-refractivity contribution is 5.85. The largest absolute Gasteiger partial charge is 0.469 e. The van der Waals surface area contributed by atoms with Crippen molar-refractivity contribution in [3.63, 3.8) is 0 Å². The minimum atomic E-state index is -0.733. The molecule has 0 bridgehead atoms. The van der Waals surface area contributed by atoms with Gasteiger partial charge in [-0.05, 0) is 44.7 Å². The zero-order chi connectivity index (χ0) is 16.6. The summed E-state index contributed by atoms with van der Waals surface area (Å²) in [6.07, 6.45) is 2.90. The molecule has 1 rings (SSSR count). The molecular weight excluding hydrogens is 320 g/mol. The second-order valence-electron chi connectivity index (χ2n) is 6.58. The number of carbonyl (C=O) groups is 2. The van der Waals surface area contributed by atoms with E-state index in [0.29, 0.717) is 18.3 Å². The number of hydrogen-bond acceptors (Lipinski definition) is 5. The van der Waals surface area contributed by atoms with Gasteiger partial charge in [0, 0.05) is 13.5 Å². The van der Waals surface area contributed by atoms with Gasteiger partial charge in [-0.25, -0.2) is 0 Å². The summed E-state index contributed by atoms with van der Waals surface area (Å²) >= 11 is 0. The molecule has 1 aliphatic rings. The Kier molecular flexibility index (Phi) is 10.4. The van der Waals surface area contributed by atoms with Crippen molar-refractivity contribution in [2.45, 2.75) is 45.1 Å². The fraction of sp³-hybridized carbons (Fsp3) is 0.875. The Morgan fingerprint density at radius 1 is 1.39 bits per heavy atom. The first-order chi connectivity index (χ1) is 10.4. The predicted molar refractivity (Wildman–Crippen MR) is 91.7 cm³/mol. The summed E-state index contributed by atoms with van der Waals surface area (Å²) in [6, 6.07) is 0. The van der Waals surface area contributed by atoms with Crippen molar-refractivity contribution in [2.24, 2.45) is 11.8 Å². The van der Waals surface area contributed by atoms with Crippen molar-refractivity contribution in [3.05, 3.63) is 0 Å². The normalized spacial score (nSPS) is 21.5. The molecule has 23 heavy (non-hydrogen) atoms. The van der Waals surface area contributed by atoms with E-state index in [9.17, 15) is 9.59 Å².